The van der Waals surface area contributed by atoms with Gasteiger partial charge in [0.15, 0.2) is 0 Å². The first-order chi connectivity index (χ1) is 13.2. The van der Waals surface area contributed by atoms with Gasteiger partial charge in [-0.2, -0.15) is 0 Å². The molecule has 2 bridgehead atoms. The first-order valence-electron chi connectivity index (χ1n) is 9.47. The molecule has 0 spiro atoms. The van der Waals surface area contributed by atoms with Crippen LogP contribution < -0.4 is 5.32 Å². The molecule has 0 aromatic heterocycles. The van der Waals surface area contributed by atoms with Crippen molar-refractivity contribution >= 4 is 34.9 Å². The number of carbonyl (C=O) groups excluding carboxylic acids is 3. The molecule has 0 unspecified atom stereocenters. The zero-order valence-corrected chi connectivity index (χ0v) is 17.1. The van der Waals surface area contributed by atoms with Crippen LogP contribution in [0.3, 0.4) is 0 Å². The Bertz CT molecular complexity index is 984. The lowest BCUT2D eigenvalue weighted by atomic mass is 9.64. The molecule has 2 fully saturated rings. The number of benzene rings is 2. The van der Waals surface area contributed by atoms with Crippen molar-refractivity contribution in [2.45, 2.75) is 43.4 Å². The summed E-state index contributed by atoms with van der Waals surface area (Å²) in [5.41, 5.74) is -2.10. The number of fused-ring (bicyclic) bond motifs is 2. The largest absolute Gasteiger partial charge is 0.324 e. The van der Waals surface area contributed by atoms with Crippen molar-refractivity contribution in [2.24, 2.45) is 16.2 Å². The Morgan fingerprint density at radius 3 is 2.18 bits per heavy atom. The molecule has 0 radical (unpaired) electrons. The van der Waals surface area contributed by atoms with Gasteiger partial charge in [0, 0.05) is 15.2 Å². The van der Waals surface area contributed by atoms with Crippen LogP contribution >= 0.6 is 11.8 Å². The first-order valence-corrected chi connectivity index (χ1v) is 10.3. The van der Waals surface area contributed by atoms with Gasteiger partial charge in [-0.15, -0.1) is 0 Å². The number of para-hydroxylation sites is 1. The normalized spacial score (nSPS) is 27.8. The van der Waals surface area contributed by atoms with Crippen molar-refractivity contribution in [2.75, 3.05) is 5.32 Å². The van der Waals surface area contributed by atoms with E-state index in [1.165, 1.54) is 0 Å². The molecule has 1 amide bonds. The van der Waals surface area contributed by atoms with Gasteiger partial charge in [-0.25, -0.2) is 0 Å². The molecule has 144 valence electrons. The highest BCUT2D eigenvalue weighted by Crippen LogP contribution is 2.69. The van der Waals surface area contributed by atoms with E-state index in [0.29, 0.717) is 18.5 Å². The summed E-state index contributed by atoms with van der Waals surface area (Å²) in [5.74, 6) is -1.29. The molecule has 2 aromatic carbocycles. The average molecular weight is 394 g/mol. The molecular weight excluding hydrogens is 370 g/mol. The van der Waals surface area contributed by atoms with Crippen LogP contribution in [0.1, 0.15) is 33.6 Å². The highest BCUT2D eigenvalue weighted by molar-refractivity contribution is 7.99. The highest BCUT2D eigenvalue weighted by atomic mass is 32.2. The number of hydrogen-bond donors (Lipinski definition) is 1. The second kappa shape index (κ2) is 6.31. The molecule has 2 aromatic rings. The molecule has 4 nitrogen and oxygen atoms in total. The molecule has 0 saturated heterocycles. The average Bonchev–Trinajstić information content (AvgIpc) is 2.96. The second-order valence-corrected chi connectivity index (χ2v) is 9.50. The summed E-state index contributed by atoms with van der Waals surface area (Å²) in [5, 5.41) is 2.98. The third kappa shape index (κ3) is 2.35. The van der Waals surface area contributed by atoms with E-state index in [-0.39, 0.29) is 5.91 Å². The Morgan fingerprint density at radius 1 is 0.893 bits per heavy atom. The van der Waals surface area contributed by atoms with Crippen LogP contribution in [0.15, 0.2) is 64.4 Å². The number of nitrogens with one attached hydrogen (secondary N) is 1. The molecule has 4 rings (SSSR count). The van der Waals surface area contributed by atoms with Crippen molar-refractivity contribution in [3.8, 4) is 0 Å². The van der Waals surface area contributed by atoms with Gasteiger partial charge in [-0.05, 0) is 42.5 Å². The molecule has 2 saturated carbocycles. The van der Waals surface area contributed by atoms with E-state index >= 15 is 0 Å². The molecule has 5 heteroatoms. The Kier molecular flexibility index (Phi) is 4.27. The van der Waals surface area contributed by atoms with Crippen molar-refractivity contribution < 1.29 is 14.4 Å². The van der Waals surface area contributed by atoms with Gasteiger partial charge in [0.2, 0.25) is 17.5 Å². The van der Waals surface area contributed by atoms with E-state index in [1.54, 1.807) is 11.8 Å². The third-order valence-corrected chi connectivity index (χ3v) is 8.12. The number of rotatable bonds is 4. The summed E-state index contributed by atoms with van der Waals surface area (Å²) in [6.45, 7) is 5.59. The lowest BCUT2D eigenvalue weighted by Crippen LogP contribution is -2.47. The van der Waals surface area contributed by atoms with Gasteiger partial charge < -0.3 is 5.32 Å². The number of hydrogen-bond acceptors (Lipinski definition) is 4. The topological polar surface area (TPSA) is 63.2 Å². The SMILES string of the molecule is CC1(C)[C@]2(C(=O)Nc3ccccc3Sc3ccccc3)CC[C@@]1(C)C(=O)C2=O. The van der Waals surface area contributed by atoms with Crippen LogP contribution in [0.25, 0.3) is 0 Å². The lowest BCUT2D eigenvalue weighted by molar-refractivity contribution is -0.147. The zero-order chi connectivity index (χ0) is 20.2. The molecule has 1 N–H and O–H groups in total. The number of ketones is 2. The molecule has 2 aliphatic carbocycles. The van der Waals surface area contributed by atoms with E-state index in [2.05, 4.69) is 5.32 Å². The van der Waals surface area contributed by atoms with Crippen molar-refractivity contribution in [3.63, 3.8) is 0 Å². The summed E-state index contributed by atoms with van der Waals surface area (Å²) in [4.78, 5) is 40.9. The molecule has 0 aliphatic heterocycles. The quantitative estimate of drug-likeness (QED) is 0.602. The van der Waals surface area contributed by atoms with E-state index in [1.807, 2.05) is 75.4 Å². The fraction of sp³-hybridized carbons (Fsp3) is 0.348. The Hall–Kier alpha value is -2.40. The molecule has 2 aliphatic rings. The fourth-order valence-electron chi connectivity index (χ4n) is 4.78. The van der Waals surface area contributed by atoms with Gasteiger partial charge in [0.05, 0.1) is 5.69 Å². The third-order valence-electron chi connectivity index (χ3n) is 7.04. The van der Waals surface area contributed by atoms with Crippen LogP contribution in [-0.2, 0) is 14.4 Å². The van der Waals surface area contributed by atoms with Crippen LogP contribution in [0.4, 0.5) is 5.69 Å². The minimum absolute atomic E-state index is 0.363. The van der Waals surface area contributed by atoms with Gasteiger partial charge in [0.1, 0.15) is 5.41 Å². The number of carbonyl (C=O) groups is 3. The summed E-state index contributed by atoms with van der Waals surface area (Å²) in [6.07, 6.45) is 0.985. The summed E-state index contributed by atoms with van der Waals surface area (Å²) in [7, 11) is 0. The van der Waals surface area contributed by atoms with Crippen molar-refractivity contribution in [1.29, 1.82) is 0 Å². The molecular formula is C23H23NO3S. The maximum Gasteiger partial charge on any atom is 0.239 e. The maximum atomic E-state index is 13.4. The van der Waals surface area contributed by atoms with E-state index in [0.717, 1.165) is 9.79 Å². The number of anilines is 1. The Balaban J connectivity index is 1.67. The zero-order valence-electron chi connectivity index (χ0n) is 16.2. The van der Waals surface area contributed by atoms with E-state index < -0.39 is 27.8 Å². The molecule has 0 heterocycles. The predicted octanol–water partition coefficient (Wildman–Crippen LogP) is 4.74. The smallest absolute Gasteiger partial charge is 0.239 e. The number of amides is 1. The van der Waals surface area contributed by atoms with Crippen LogP contribution in [0.5, 0.6) is 0 Å². The predicted molar refractivity (Wildman–Crippen MR) is 109 cm³/mol. The first kappa shape index (κ1) is 18.9. The Labute approximate surface area is 169 Å². The lowest BCUT2D eigenvalue weighted by Gasteiger charge is -2.37. The second-order valence-electron chi connectivity index (χ2n) is 8.39. The van der Waals surface area contributed by atoms with Crippen LogP contribution in [-0.4, -0.2) is 17.5 Å². The minimum Gasteiger partial charge on any atom is -0.324 e. The molecule has 28 heavy (non-hydrogen) atoms. The van der Waals surface area contributed by atoms with E-state index in [9.17, 15) is 14.4 Å². The van der Waals surface area contributed by atoms with Gasteiger partial charge in [-0.1, -0.05) is 62.9 Å². The Morgan fingerprint density at radius 2 is 1.54 bits per heavy atom. The summed E-state index contributed by atoms with van der Waals surface area (Å²) in [6, 6.07) is 17.4. The minimum atomic E-state index is -1.29. The van der Waals surface area contributed by atoms with E-state index in [4.69, 9.17) is 0 Å². The van der Waals surface area contributed by atoms with Crippen LogP contribution in [0, 0.1) is 16.2 Å². The fourth-order valence-corrected chi connectivity index (χ4v) is 5.70. The van der Waals surface area contributed by atoms with Gasteiger partial charge in [0.25, 0.3) is 0 Å². The standard InChI is InChI=1S/C23H23NO3S/c1-21(2)22(3)13-14-23(21,19(26)18(22)25)20(27)24-16-11-7-8-12-17(16)28-15-9-5-4-6-10-15/h4-12H,13-14H2,1-3H3,(H,24,27)/t22-,23+/m0/s1. The summed E-state index contributed by atoms with van der Waals surface area (Å²) >= 11 is 1.55. The van der Waals surface area contributed by atoms with Crippen LogP contribution in [0.2, 0.25) is 0 Å². The monoisotopic (exact) mass is 393 g/mol. The summed E-state index contributed by atoms with van der Waals surface area (Å²) < 4.78 is 0. The maximum absolute atomic E-state index is 13.4. The van der Waals surface area contributed by atoms with Gasteiger partial charge in [-0.3, -0.25) is 14.4 Å². The highest BCUT2D eigenvalue weighted by Gasteiger charge is 2.77. The van der Waals surface area contributed by atoms with Gasteiger partial charge >= 0.3 is 0 Å². The van der Waals surface area contributed by atoms with Crippen molar-refractivity contribution in [1.82, 2.24) is 0 Å². The molecule has 2 atom stereocenters. The van der Waals surface area contributed by atoms with Crippen molar-refractivity contribution in [3.05, 3.63) is 54.6 Å². The number of Topliss-reactive ketones (excluding diaryl/α,β-unsaturated/α-hetero) is 2.